The zero-order valence-corrected chi connectivity index (χ0v) is 13.4. The Morgan fingerprint density at radius 1 is 1.35 bits per heavy atom. The van der Waals surface area contributed by atoms with Crippen LogP contribution < -0.4 is 0 Å². The summed E-state index contributed by atoms with van der Waals surface area (Å²) < 4.78 is 2.22. The molecule has 0 saturated heterocycles. The molecule has 0 radical (unpaired) electrons. The molecular weight excluding hydrogens is 248 g/mol. The fraction of sp³-hybridized carbons (Fsp3) is 0.706. The Bertz CT molecular complexity index is 472. The Morgan fingerprint density at radius 3 is 2.55 bits per heavy atom. The second-order valence-corrected chi connectivity index (χ2v) is 6.01. The number of ketones is 1. The minimum absolute atomic E-state index is 0.292. The summed E-state index contributed by atoms with van der Waals surface area (Å²) in [5.74, 6) is 0.292. The number of unbranched alkanes of at least 4 members (excludes halogenated alkanes) is 1. The van der Waals surface area contributed by atoms with Gasteiger partial charge in [0.1, 0.15) is 0 Å². The van der Waals surface area contributed by atoms with Gasteiger partial charge >= 0.3 is 0 Å². The zero-order chi connectivity index (χ0) is 14.7. The predicted octanol–water partition coefficient (Wildman–Crippen LogP) is 3.57. The van der Waals surface area contributed by atoms with Crippen LogP contribution in [0.25, 0.3) is 0 Å². The van der Waals surface area contributed by atoms with Crippen molar-refractivity contribution >= 4 is 5.78 Å². The molecule has 3 heteroatoms. The molecule has 0 aliphatic heterocycles. The lowest BCUT2D eigenvalue weighted by atomic mass is 10.1. The second kappa shape index (κ2) is 6.57. The number of carbonyl (C=O) groups is 1. The Balaban J connectivity index is 2.06. The molecule has 0 aromatic carbocycles. The first kappa shape index (κ1) is 15.3. The molecule has 3 nitrogen and oxygen atoms in total. The van der Waals surface area contributed by atoms with Gasteiger partial charge in [0.2, 0.25) is 0 Å². The second-order valence-electron chi connectivity index (χ2n) is 6.01. The molecule has 1 aliphatic carbocycles. The van der Waals surface area contributed by atoms with E-state index in [-0.39, 0.29) is 0 Å². The molecule has 1 fully saturated rings. The van der Waals surface area contributed by atoms with Crippen LogP contribution in [0.1, 0.15) is 61.3 Å². The van der Waals surface area contributed by atoms with Gasteiger partial charge in [0.05, 0.1) is 6.54 Å². The highest BCUT2D eigenvalue weighted by Gasteiger charge is 2.30. The molecule has 2 rings (SSSR count). The first-order chi connectivity index (χ1) is 9.58. The number of aryl methyl sites for hydroxylation is 1. The maximum absolute atomic E-state index is 12.6. The lowest BCUT2D eigenvalue weighted by Gasteiger charge is -2.20. The minimum Gasteiger partial charge on any atom is -0.349 e. The third-order valence-corrected chi connectivity index (χ3v) is 4.40. The molecule has 1 saturated carbocycles. The lowest BCUT2D eigenvalue weighted by molar-refractivity contribution is 0.0922. The fourth-order valence-electron chi connectivity index (χ4n) is 3.03. The zero-order valence-electron chi connectivity index (χ0n) is 13.4. The summed E-state index contributed by atoms with van der Waals surface area (Å²) in [6.45, 7) is 11.1. The van der Waals surface area contributed by atoms with Gasteiger partial charge in [-0.25, -0.2) is 0 Å². The monoisotopic (exact) mass is 276 g/mol. The van der Waals surface area contributed by atoms with Gasteiger partial charge in [-0.3, -0.25) is 9.69 Å². The van der Waals surface area contributed by atoms with Crippen LogP contribution in [0, 0.1) is 13.8 Å². The molecule has 0 bridgehead atoms. The molecule has 0 amide bonds. The number of hydrogen-bond acceptors (Lipinski definition) is 2. The molecule has 0 atom stereocenters. The van der Waals surface area contributed by atoms with Gasteiger partial charge in [-0.05, 0) is 52.6 Å². The molecule has 0 spiro atoms. The molecule has 0 N–H and O–H groups in total. The Kier molecular flexibility index (Phi) is 5.03. The fourth-order valence-corrected chi connectivity index (χ4v) is 3.03. The SMILES string of the molecule is CCCCN(CC(=O)c1cc(C)n(CC)c1C)C1CC1. The average molecular weight is 276 g/mol. The Labute approximate surface area is 123 Å². The van der Waals surface area contributed by atoms with Crippen LogP contribution in [-0.2, 0) is 6.54 Å². The van der Waals surface area contributed by atoms with E-state index >= 15 is 0 Å². The van der Waals surface area contributed by atoms with E-state index in [9.17, 15) is 4.79 Å². The first-order valence-electron chi connectivity index (χ1n) is 8.02. The molecular formula is C17H28N2O. The van der Waals surface area contributed by atoms with Crippen molar-refractivity contribution < 1.29 is 4.79 Å². The van der Waals surface area contributed by atoms with Crippen LogP contribution in [0.3, 0.4) is 0 Å². The molecule has 1 heterocycles. The summed E-state index contributed by atoms with van der Waals surface area (Å²) in [7, 11) is 0. The highest BCUT2D eigenvalue weighted by molar-refractivity contribution is 5.99. The van der Waals surface area contributed by atoms with Crippen molar-refractivity contribution in [1.82, 2.24) is 9.47 Å². The topological polar surface area (TPSA) is 25.2 Å². The molecule has 112 valence electrons. The van der Waals surface area contributed by atoms with Crippen LogP contribution in [-0.4, -0.2) is 34.4 Å². The van der Waals surface area contributed by atoms with Gasteiger partial charge in [0.15, 0.2) is 5.78 Å². The van der Waals surface area contributed by atoms with Crippen molar-refractivity contribution in [2.75, 3.05) is 13.1 Å². The molecule has 1 aromatic rings. The van der Waals surface area contributed by atoms with Crippen LogP contribution in [0.2, 0.25) is 0 Å². The van der Waals surface area contributed by atoms with Crippen LogP contribution in [0.15, 0.2) is 6.07 Å². The third kappa shape index (κ3) is 3.32. The molecule has 0 unspecified atom stereocenters. The standard InChI is InChI=1S/C17H28N2O/c1-5-7-10-18(15-8-9-15)12-17(20)16-11-13(3)19(6-2)14(16)4/h11,15H,5-10,12H2,1-4H3. The number of nitrogens with zero attached hydrogens (tertiary/aromatic N) is 2. The molecule has 1 aromatic heterocycles. The first-order valence-corrected chi connectivity index (χ1v) is 8.02. The Morgan fingerprint density at radius 2 is 2.05 bits per heavy atom. The summed E-state index contributed by atoms with van der Waals surface area (Å²) in [6, 6.07) is 2.73. The van der Waals surface area contributed by atoms with Gasteiger partial charge in [-0.15, -0.1) is 0 Å². The van der Waals surface area contributed by atoms with E-state index in [0.29, 0.717) is 18.4 Å². The van der Waals surface area contributed by atoms with Crippen LogP contribution >= 0.6 is 0 Å². The smallest absolute Gasteiger partial charge is 0.178 e. The highest BCUT2D eigenvalue weighted by Crippen LogP contribution is 2.27. The summed E-state index contributed by atoms with van der Waals surface area (Å²) >= 11 is 0. The van der Waals surface area contributed by atoms with Gasteiger partial charge in [-0.1, -0.05) is 13.3 Å². The summed E-state index contributed by atoms with van der Waals surface area (Å²) in [6.07, 6.45) is 4.93. The van der Waals surface area contributed by atoms with Crippen molar-refractivity contribution in [3.63, 3.8) is 0 Å². The van der Waals surface area contributed by atoms with Crippen LogP contribution in [0.4, 0.5) is 0 Å². The molecule has 1 aliphatic rings. The quantitative estimate of drug-likeness (QED) is 0.678. The minimum atomic E-state index is 0.292. The molecule has 20 heavy (non-hydrogen) atoms. The van der Waals surface area contributed by atoms with E-state index in [4.69, 9.17) is 0 Å². The van der Waals surface area contributed by atoms with Gasteiger partial charge in [0.25, 0.3) is 0 Å². The predicted molar refractivity (Wildman–Crippen MR) is 83.4 cm³/mol. The number of carbonyl (C=O) groups excluding carboxylic acids is 1. The Hall–Kier alpha value is -1.09. The third-order valence-electron chi connectivity index (χ3n) is 4.40. The maximum atomic E-state index is 12.6. The van der Waals surface area contributed by atoms with Gasteiger partial charge in [-0.2, -0.15) is 0 Å². The van der Waals surface area contributed by atoms with Crippen molar-refractivity contribution in [1.29, 1.82) is 0 Å². The largest absolute Gasteiger partial charge is 0.349 e. The van der Waals surface area contributed by atoms with E-state index < -0.39 is 0 Å². The normalized spacial score (nSPS) is 15.1. The van der Waals surface area contributed by atoms with E-state index in [1.165, 1.54) is 31.4 Å². The highest BCUT2D eigenvalue weighted by atomic mass is 16.1. The van der Waals surface area contributed by atoms with Crippen molar-refractivity contribution in [2.24, 2.45) is 0 Å². The van der Waals surface area contributed by atoms with Crippen molar-refractivity contribution in [2.45, 2.75) is 66.0 Å². The van der Waals surface area contributed by atoms with Gasteiger partial charge < -0.3 is 4.57 Å². The number of Topliss-reactive ketones (excluding diaryl/α,β-unsaturated/α-hetero) is 1. The van der Waals surface area contributed by atoms with E-state index in [1.54, 1.807) is 0 Å². The number of aromatic nitrogens is 1. The lowest BCUT2D eigenvalue weighted by Crippen LogP contribution is -2.33. The van der Waals surface area contributed by atoms with Gasteiger partial charge in [0, 0.05) is 29.5 Å². The van der Waals surface area contributed by atoms with Crippen LogP contribution in [0.5, 0.6) is 0 Å². The average Bonchev–Trinajstić information content (AvgIpc) is 3.21. The maximum Gasteiger partial charge on any atom is 0.178 e. The van der Waals surface area contributed by atoms with Crippen molar-refractivity contribution in [3.05, 3.63) is 23.0 Å². The summed E-state index contributed by atoms with van der Waals surface area (Å²) in [5, 5.41) is 0. The number of hydrogen-bond donors (Lipinski definition) is 0. The van der Waals surface area contributed by atoms with E-state index in [0.717, 1.165) is 24.3 Å². The van der Waals surface area contributed by atoms with E-state index in [1.807, 2.05) is 0 Å². The summed E-state index contributed by atoms with van der Waals surface area (Å²) in [4.78, 5) is 15.0. The van der Waals surface area contributed by atoms with Crippen molar-refractivity contribution in [3.8, 4) is 0 Å². The number of rotatable bonds is 8. The summed E-state index contributed by atoms with van der Waals surface area (Å²) in [5.41, 5.74) is 3.24. The van der Waals surface area contributed by atoms with E-state index in [2.05, 4.69) is 43.2 Å².